The largest absolute Gasteiger partial charge is 0.323 e. The number of fused-ring (bicyclic) bond motifs is 1. The van der Waals surface area contributed by atoms with Crippen LogP contribution < -0.4 is 10.6 Å². The van der Waals surface area contributed by atoms with Gasteiger partial charge < -0.3 is 5.32 Å². The van der Waals surface area contributed by atoms with Crippen molar-refractivity contribution in [2.24, 2.45) is 0 Å². The van der Waals surface area contributed by atoms with Gasteiger partial charge in [0.2, 0.25) is 5.91 Å². The number of amides is 1. The van der Waals surface area contributed by atoms with Gasteiger partial charge in [0.15, 0.2) is 0 Å². The molecule has 1 aliphatic rings. The highest BCUT2D eigenvalue weighted by molar-refractivity contribution is 6.44. The third-order valence-electron chi connectivity index (χ3n) is 4.48. The van der Waals surface area contributed by atoms with E-state index in [0.29, 0.717) is 20.8 Å². The van der Waals surface area contributed by atoms with Crippen LogP contribution in [-0.2, 0) is 11.2 Å². The van der Waals surface area contributed by atoms with E-state index >= 15 is 0 Å². The van der Waals surface area contributed by atoms with Crippen LogP contribution in [-0.4, -0.2) is 11.9 Å². The molecule has 2 aromatic rings. The standard InChI is InChI=1S/C19H19Cl3N2O/c1-11(19(25)24-18-10-15(21)14(20)9-16(18)22)23-17-8-4-6-12-5-2-3-7-13(12)17/h2-3,5,7,9-11,17,23H,4,6,8H2,1H3,(H,24,25)/t11-,17+/m0/s1. The molecule has 1 amide bonds. The highest BCUT2D eigenvalue weighted by atomic mass is 35.5. The Morgan fingerprint density at radius 3 is 2.64 bits per heavy atom. The summed E-state index contributed by atoms with van der Waals surface area (Å²) < 4.78 is 0. The highest BCUT2D eigenvalue weighted by Gasteiger charge is 2.24. The van der Waals surface area contributed by atoms with E-state index in [1.54, 1.807) is 6.07 Å². The van der Waals surface area contributed by atoms with Gasteiger partial charge in [0.25, 0.3) is 0 Å². The summed E-state index contributed by atoms with van der Waals surface area (Å²) in [6, 6.07) is 11.3. The third-order valence-corrected chi connectivity index (χ3v) is 5.52. The molecule has 2 aromatic carbocycles. The number of carbonyl (C=O) groups is 1. The Bertz CT molecular complexity index is 794. The fourth-order valence-corrected chi connectivity index (χ4v) is 3.76. The zero-order valence-electron chi connectivity index (χ0n) is 13.8. The second kappa shape index (κ2) is 7.96. The molecule has 0 heterocycles. The van der Waals surface area contributed by atoms with E-state index in [9.17, 15) is 4.79 Å². The molecule has 0 saturated carbocycles. The maximum atomic E-state index is 12.5. The topological polar surface area (TPSA) is 41.1 Å². The SMILES string of the molecule is C[C@H](N[C@@H]1CCCc2ccccc21)C(=O)Nc1cc(Cl)c(Cl)cc1Cl. The summed E-state index contributed by atoms with van der Waals surface area (Å²) in [5.74, 6) is -0.164. The van der Waals surface area contributed by atoms with Crippen LogP contribution in [0.1, 0.15) is 36.9 Å². The van der Waals surface area contributed by atoms with E-state index in [1.807, 2.05) is 13.0 Å². The molecule has 25 heavy (non-hydrogen) atoms. The second-order valence-electron chi connectivity index (χ2n) is 6.27. The maximum absolute atomic E-state index is 12.5. The molecule has 3 nitrogen and oxygen atoms in total. The fraction of sp³-hybridized carbons (Fsp3) is 0.316. The summed E-state index contributed by atoms with van der Waals surface area (Å²) in [5, 5.41) is 7.31. The molecule has 0 radical (unpaired) electrons. The molecule has 2 atom stereocenters. The summed E-state index contributed by atoms with van der Waals surface area (Å²) in [4.78, 5) is 12.5. The fourth-order valence-electron chi connectivity index (χ4n) is 3.16. The summed E-state index contributed by atoms with van der Waals surface area (Å²) in [5.41, 5.74) is 3.09. The van der Waals surface area contributed by atoms with Crippen molar-refractivity contribution in [3.8, 4) is 0 Å². The summed E-state index contributed by atoms with van der Waals surface area (Å²) in [6.45, 7) is 1.85. The predicted octanol–water partition coefficient (Wildman–Crippen LogP) is 5.64. The predicted molar refractivity (Wildman–Crippen MR) is 105 cm³/mol. The van der Waals surface area contributed by atoms with Crippen molar-refractivity contribution in [3.63, 3.8) is 0 Å². The van der Waals surface area contributed by atoms with Crippen molar-refractivity contribution in [2.45, 2.75) is 38.3 Å². The van der Waals surface area contributed by atoms with Gasteiger partial charge in [-0.15, -0.1) is 0 Å². The molecule has 0 unspecified atom stereocenters. The summed E-state index contributed by atoms with van der Waals surface area (Å²) >= 11 is 18.1. The Morgan fingerprint density at radius 2 is 1.84 bits per heavy atom. The van der Waals surface area contributed by atoms with E-state index in [0.717, 1.165) is 19.3 Å². The quantitative estimate of drug-likeness (QED) is 0.655. The number of benzene rings is 2. The summed E-state index contributed by atoms with van der Waals surface area (Å²) in [7, 11) is 0. The molecular weight excluding hydrogens is 379 g/mol. The van der Waals surface area contributed by atoms with Crippen molar-refractivity contribution in [1.82, 2.24) is 5.32 Å². The van der Waals surface area contributed by atoms with Crippen LogP contribution in [0.15, 0.2) is 36.4 Å². The zero-order valence-corrected chi connectivity index (χ0v) is 16.1. The molecule has 0 fully saturated rings. The lowest BCUT2D eigenvalue weighted by atomic mass is 9.87. The van der Waals surface area contributed by atoms with Crippen molar-refractivity contribution < 1.29 is 4.79 Å². The van der Waals surface area contributed by atoms with E-state index < -0.39 is 0 Å². The molecule has 0 bridgehead atoms. The number of anilines is 1. The van der Waals surface area contributed by atoms with E-state index in [2.05, 4.69) is 28.8 Å². The van der Waals surface area contributed by atoms with Gasteiger partial charge in [0, 0.05) is 6.04 Å². The van der Waals surface area contributed by atoms with Crippen molar-refractivity contribution in [1.29, 1.82) is 0 Å². The smallest absolute Gasteiger partial charge is 0.241 e. The minimum absolute atomic E-state index is 0.164. The highest BCUT2D eigenvalue weighted by Crippen LogP contribution is 2.33. The minimum Gasteiger partial charge on any atom is -0.323 e. The number of hydrogen-bond acceptors (Lipinski definition) is 2. The third kappa shape index (κ3) is 4.29. The lowest BCUT2D eigenvalue weighted by Crippen LogP contribution is -2.41. The van der Waals surface area contributed by atoms with Gasteiger partial charge in [0.05, 0.1) is 26.8 Å². The van der Waals surface area contributed by atoms with Crippen LogP contribution >= 0.6 is 34.8 Å². The van der Waals surface area contributed by atoms with Gasteiger partial charge in [-0.05, 0) is 49.4 Å². The number of nitrogens with one attached hydrogen (secondary N) is 2. The minimum atomic E-state index is -0.373. The number of rotatable bonds is 4. The lowest BCUT2D eigenvalue weighted by molar-refractivity contribution is -0.118. The van der Waals surface area contributed by atoms with Gasteiger partial charge in [-0.2, -0.15) is 0 Å². The first-order chi connectivity index (χ1) is 12.0. The molecule has 0 spiro atoms. The van der Waals surface area contributed by atoms with Crippen molar-refractivity contribution in [2.75, 3.05) is 5.32 Å². The maximum Gasteiger partial charge on any atom is 0.241 e. The Kier molecular flexibility index (Phi) is 5.90. The van der Waals surface area contributed by atoms with Crippen LogP contribution in [0, 0.1) is 0 Å². The molecule has 0 aromatic heterocycles. The van der Waals surface area contributed by atoms with Crippen LogP contribution in [0.5, 0.6) is 0 Å². The van der Waals surface area contributed by atoms with Gasteiger partial charge in [0.1, 0.15) is 0 Å². The van der Waals surface area contributed by atoms with Crippen molar-refractivity contribution in [3.05, 3.63) is 62.6 Å². The first-order valence-corrected chi connectivity index (χ1v) is 9.38. The average Bonchev–Trinajstić information content (AvgIpc) is 2.60. The molecule has 132 valence electrons. The number of aryl methyl sites for hydroxylation is 1. The average molecular weight is 398 g/mol. The van der Waals surface area contributed by atoms with E-state index in [-0.39, 0.29) is 18.0 Å². The molecule has 2 N–H and O–H groups in total. The van der Waals surface area contributed by atoms with E-state index in [1.165, 1.54) is 17.2 Å². The Balaban J connectivity index is 1.69. The Morgan fingerprint density at radius 1 is 1.12 bits per heavy atom. The zero-order chi connectivity index (χ0) is 18.0. The summed E-state index contributed by atoms with van der Waals surface area (Å²) in [6.07, 6.45) is 3.22. The molecule has 6 heteroatoms. The molecule has 0 aliphatic heterocycles. The Labute approximate surface area is 162 Å². The van der Waals surface area contributed by atoms with Gasteiger partial charge >= 0.3 is 0 Å². The molecule has 0 saturated heterocycles. The number of halogens is 3. The first-order valence-electron chi connectivity index (χ1n) is 8.25. The van der Waals surface area contributed by atoms with E-state index in [4.69, 9.17) is 34.8 Å². The second-order valence-corrected chi connectivity index (χ2v) is 7.49. The van der Waals surface area contributed by atoms with Gasteiger partial charge in [-0.3, -0.25) is 10.1 Å². The Hall–Kier alpha value is -1.26. The van der Waals surface area contributed by atoms with Crippen LogP contribution in [0.3, 0.4) is 0 Å². The number of hydrogen-bond donors (Lipinski definition) is 2. The first kappa shape index (κ1) is 18.5. The van der Waals surface area contributed by atoms with Gasteiger partial charge in [-0.25, -0.2) is 0 Å². The molecule has 1 aliphatic carbocycles. The van der Waals surface area contributed by atoms with Crippen LogP contribution in [0.4, 0.5) is 5.69 Å². The molecule has 3 rings (SSSR count). The van der Waals surface area contributed by atoms with Crippen molar-refractivity contribution >= 4 is 46.4 Å². The van der Waals surface area contributed by atoms with Gasteiger partial charge in [-0.1, -0.05) is 59.1 Å². The van der Waals surface area contributed by atoms with Crippen LogP contribution in [0.25, 0.3) is 0 Å². The lowest BCUT2D eigenvalue weighted by Gasteiger charge is -2.29. The van der Waals surface area contributed by atoms with Crippen LogP contribution in [0.2, 0.25) is 15.1 Å². The normalized spacial score (nSPS) is 17.7. The molecular formula is C19H19Cl3N2O. The monoisotopic (exact) mass is 396 g/mol. The number of carbonyl (C=O) groups excluding carboxylic acids is 1.